The molecule has 0 amide bonds. The van der Waals surface area contributed by atoms with Crippen LogP contribution in [0, 0.1) is 0 Å². The van der Waals surface area contributed by atoms with E-state index in [1.807, 2.05) is 0 Å². The molecule has 0 bridgehead atoms. The second-order valence-electron chi connectivity index (χ2n) is 3.80. The number of fused-ring (bicyclic) bond motifs is 1. The number of anilines is 1. The Kier molecular flexibility index (Phi) is 4.95. The van der Waals surface area contributed by atoms with Gasteiger partial charge in [-0.3, -0.25) is 4.55 Å². The summed E-state index contributed by atoms with van der Waals surface area (Å²) < 4.78 is 25.2. The maximum atomic E-state index is 8.95. The van der Waals surface area contributed by atoms with Crippen molar-refractivity contribution in [3.8, 4) is 0 Å². The van der Waals surface area contributed by atoms with Gasteiger partial charge in [-0.2, -0.15) is 8.42 Å². The van der Waals surface area contributed by atoms with Crippen molar-refractivity contribution in [1.82, 2.24) is 0 Å². The van der Waals surface area contributed by atoms with Gasteiger partial charge >= 0.3 is 9.33 Å². The molecule has 4 nitrogen and oxygen atoms in total. The van der Waals surface area contributed by atoms with Crippen molar-refractivity contribution in [3.05, 3.63) is 42.5 Å². The van der Waals surface area contributed by atoms with Gasteiger partial charge in [0.25, 0.3) is 0 Å². The number of rotatable bonds is 1. The Bertz CT molecular complexity index is 613. The summed E-state index contributed by atoms with van der Waals surface area (Å²) in [4.78, 5) is 2.14. The molecule has 2 rings (SSSR count). The molecule has 0 saturated carbocycles. The minimum Gasteiger partial charge on any atom is -0.377 e. The van der Waals surface area contributed by atoms with E-state index in [0.717, 1.165) is 0 Å². The van der Waals surface area contributed by atoms with Crippen LogP contribution in [0.5, 0.6) is 0 Å². The van der Waals surface area contributed by atoms with E-state index in [1.165, 1.54) is 16.5 Å². The minimum absolute atomic E-state index is 1.28. The van der Waals surface area contributed by atoms with Crippen LogP contribution in [-0.4, -0.2) is 27.1 Å². The van der Waals surface area contributed by atoms with Gasteiger partial charge in [-0.15, -0.1) is 0 Å². The first-order chi connectivity index (χ1) is 8.29. The molecular formula is C12H14ClNO3S. The first-order valence-electron chi connectivity index (χ1n) is 5.11. The normalized spacial score (nSPS) is 10.7. The van der Waals surface area contributed by atoms with Gasteiger partial charge in [-0.25, -0.2) is 0 Å². The third-order valence-electron chi connectivity index (χ3n) is 2.25. The van der Waals surface area contributed by atoms with Gasteiger partial charge in [-0.05, 0) is 11.5 Å². The molecule has 0 heterocycles. The smallest absolute Gasteiger partial charge is 0.353 e. The van der Waals surface area contributed by atoms with Crippen LogP contribution in [0.1, 0.15) is 0 Å². The second-order valence-corrected chi connectivity index (χ2v) is 5.80. The van der Waals surface area contributed by atoms with Crippen LogP contribution in [-0.2, 0) is 9.33 Å². The van der Waals surface area contributed by atoms with Crippen molar-refractivity contribution < 1.29 is 13.0 Å². The molecule has 0 atom stereocenters. The van der Waals surface area contributed by atoms with Crippen LogP contribution in [0.2, 0.25) is 0 Å². The number of nitrogens with zero attached hydrogens (tertiary/aromatic N) is 1. The Labute approximate surface area is 111 Å². The third kappa shape index (κ3) is 4.91. The average Bonchev–Trinajstić information content (AvgIpc) is 2.26. The lowest BCUT2D eigenvalue weighted by Crippen LogP contribution is -2.08. The molecular weight excluding hydrogens is 274 g/mol. The van der Waals surface area contributed by atoms with E-state index in [0.29, 0.717) is 0 Å². The highest BCUT2D eigenvalue weighted by Crippen LogP contribution is 2.24. The summed E-state index contributed by atoms with van der Waals surface area (Å²) in [7, 11) is 4.01. The van der Waals surface area contributed by atoms with E-state index >= 15 is 0 Å². The molecule has 0 aliphatic heterocycles. The molecule has 0 fully saturated rings. The fourth-order valence-corrected chi connectivity index (χ4v) is 1.60. The number of benzene rings is 2. The first-order valence-corrected chi connectivity index (χ1v) is 7.38. The first kappa shape index (κ1) is 14.8. The monoisotopic (exact) mass is 287 g/mol. The van der Waals surface area contributed by atoms with Crippen molar-refractivity contribution in [3.63, 3.8) is 0 Å². The highest BCUT2D eigenvalue weighted by molar-refractivity contribution is 8.09. The van der Waals surface area contributed by atoms with E-state index in [-0.39, 0.29) is 0 Å². The largest absolute Gasteiger partial charge is 0.377 e. The molecule has 0 aliphatic rings. The van der Waals surface area contributed by atoms with Gasteiger partial charge in [0.05, 0.1) is 0 Å². The van der Waals surface area contributed by atoms with E-state index in [9.17, 15) is 0 Å². The third-order valence-corrected chi connectivity index (χ3v) is 2.25. The molecule has 0 aromatic heterocycles. The zero-order valence-corrected chi connectivity index (χ0v) is 11.6. The summed E-state index contributed by atoms with van der Waals surface area (Å²) in [6, 6.07) is 14.8. The Balaban J connectivity index is 0.000000280. The van der Waals surface area contributed by atoms with Crippen LogP contribution >= 0.6 is 10.7 Å². The molecule has 0 radical (unpaired) electrons. The van der Waals surface area contributed by atoms with Crippen LogP contribution in [0.15, 0.2) is 42.5 Å². The van der Waals surface area contributed by atoms with Crippen molar-refractivity contribution in [2.75, 3.05) is 19.0 Å². The highest BCUT2D eigenvalue weighted by Gasteiger charge is 1.99. The molecule has 2 aromatic rings. The highest BCUT2D eigenvalue weighted by atomic mass is 35.7. The van der Waals surface area contributed by atoms with E-state index in [1.54, 1.807) is 0 Å². The lowest BCUT2D eigenvalue weighted by atomic mass is 10.1. The number of hydrogen-bond donors (Lipinski definition) is 1. The fourth-order valence-electron chi connectivity index (χ4n) is 1.60. The molecule has 2 aromatic carbocycles. The summed E-state index contributed by atoms with van der Waals surface area (Å²) in [5.74, 6) is 0. The lowest BCUT2D eigenvalue weighted by Gasteiger charge is -2.14. The van der Waals surface area contributed by atoms with Crippen LogP contribution in [0.4, 0.5) is 5.69 Å². The molecule has 0 saturated heterocycles. The van der Waals surface area contributed by atoms with Gasteiger partial charge in [-0.1, -0.05) is 36.4 Å². The maximum Gasteiger partial charge on any atom is 0.353 e. The topological polar surface area (TPSA) is 57.6 Å². The predicted molar refractivity (Wildman–Crippen MR) is 75.7 cm³/mol. The fraction of sp³-hybridized carbons (Fsp3) is 0.167. The standard InChI is InChI=1S/C12H13N.ClHO3S/c1-13(2)12-9-5-7-10-6-3-4-8-11(10)12;1-5(2,3)4/h3-9H,1-2H3;(H,2,3,4). The Morgan fingerprint density at radius 2 is 1.56 bits per heavy atom. The van der Waals surface area contributed by atoms with Gasteiger partial charge in [0.15, 0.2) is 0 Å². The Morgan fingerprint density at radius 3 is 2.11 bits per heavy atom. The van der Waals surface area contributed by atoms with Crippen LogP contribution in [0.3, 0.4) is 0 Å². The predicted octanol–water partition coefficient (Wildman–Crippen LogP) is 2.93. The lowest BCUT2D eigenvalue weighted by molar-refractivity contribution is 0.501. The quantitative estimate of drug-likeness (QED) is 0.647. The summed E-state index contributed by atoms with van der Waals surface area (Å²) in [5.41, 5.74) is 1.28. The van der Waals surface area contributed by atoms with Crippen LogP contribution in [0.25, 0.3) is 10.8 Å². The van der Waals surface area contributed by atoms with Gasteiger partial charge < -0.3 is 4.90 Å². The zero-order valence-electron chi connectivity index (χ0n) is 10.0. The van der Waals surface area contributed by atoms with Crippen molar-refractivity contribution >= 4 is 36.5 Å². The summed E-state index contributed by atoms with van der Waals surface area (Å²) in [5, 5.41) is 2.61. The second kappa shape index (κ2) is 6.04. The number of hydrogen-bond acceptors (Lipinski definition) is 3. The van der Waals surface area contributed by atoms with Crippen LogP contribution < -0.4 is 4.90 Å². The van der Waals surface area contributed by atoms with Gasteiger partial charge in [0.1, 0.15) is 0 Å². The SMILES string of the molecule is CN(C)c1cccc2ccccc12.O=S(=O)(O)Cl. The molecule has 6 heteroatoms. The molecule has 1 N–H and O–H groups in total. The summed E-state index contributed by atoms with van der Waals surface area (Å²) in [6.07, 6.45) is 0. The minimum atomic E-state index is -4.19. The average molecular weight is 288 g/mol. The summed E-state index contributed by atoms with van der Waals surface area (Å²) in [6.45, 7) is 0. The van der Waals surface area contributed by atoms with Crippen molar-refractivity contribution in [1.29, 1.82) is 0 Å². The molecule has 0 unspecified atom stereocenters. The van der Waals surface area contributed by atoms with Gasteiger partial charge in [0, 0.05) is 35.9 Å². The van der Waals surface area contributed by atoms with Crippen molar-refractivity contribution in [2.45, 2.75) is 0 Å². The van der Waals surface area contributed by atoms with Crippen molar-refractivity contribution in [2.24, 2.45) is 0 Å². The maximum absolute atomic E-state index is 8.95. The van der Waals surface area contributed by atoms with Gasteiger partial charge in [0.2, 0.25) is 0 Å². The Morgan fingerprint density at radius 1 is 1.06 bits per heavy atom. The summed E-state index contributed by atoms with van der Waals surface area (Å²) >= 11 is 0. The van der Waals surface area contributed by atoms with E-state index < -0.39 is 9.33 Å². The van der Waals surface area contributed by atoms with E-state index in [4.69, 9.17) is 13.0 Å². The zero-order chi connectivity index (χ0) is 13.8. The molecule has 0 aliphatic carbocycles. The van der Waals surface area contributed by atoms with E-state index in [2.05, 4.69) is 72.1 Å². The number of halogens is 1. The molecule has 98 valence electrons. The molecule has 0 spiro atoms. The molecule has 18 heavy (non-hydrogen) atoms. The Hall–Kier alpha value is -1.30.